The lowest BCUT2D eigenvalue weighted by atomic mass is 10.3. The molecule has 106 valence electrons. The van der Waals surface area contributed by atoms with Crippen LogP contribution in [0.2, 0.25) is 0 Å². The van der Waals surface area contributed by atoms with E-state index in [2.05, 4.69) is 20.7 Å². The molecule has 0 unspecified atom stereocenters. The number of halogens is 3. The van der Waals surface area contributed by atoms with Gasteiger partial charge >= 0.3 is 0 Å². The third-order valence-corrected chi connectivity index (χ3v) is 4.52. The Morgan fingerprint density at radius 3 is 2.30 bits per heavy atom. The van der Waals surface area contributed by atoms with E-state index in [1.54, 1.807) is 0 Å². The van der Waals surface area contributed by atoms with Crippen molar-refractivity contribution in [3.05, 3.63) is 52.5 Å². The lowest BCUT2D eigenvalue weighted by Crippen LogP contribution is -2.15. The average molecular weight is 363 g/mol. The Balaban J connectivity index is 2.40. The highest BCUT2D eigenvalue weighted by Gasteiger charge is 2.20. The molecule has 20 heavy (non-hydrogen) atoms. The Bertz CT molecular complexity index is 749. The summed E-state index contributed by atoms with van der Waals surface area (Å²) in [5.41, 5.74) is 5.75. The molecule has 8 heteroatoms. The Morgan fingerprint density at radius 1 is 1.10 bits per heavy atom. The summed E-state index contributed by atoms with van der Waals surface area (Å²) in [4.78, 5) is -0.581. The SMILES string of the molecule is Nc1cc(S(=O)(=O)Nc2ccc(F)cc2)c(F)cc1Br. The molecule has 0 aromatic heterocycles. The normalized spacial score (nSPS) is 11.3. The van der Waals surface area contributed by atoms with Crippen molar-refractivity contribution in [1.82, 2.24) is 0 Å². The van der Waals surface area contributed by atoms with Crippen molar-refractivity contribution >= 4 is 37.3 Å². The maximum Gasteiger partial charge on any atom is 0.264 e. The zero-order chi connectivity index (χ0) is 14.9. The van der Waals surface area contributed by atoms with E-state index < -0.39 is 26.6 Å². The van der Waals surface area contributed by atoms with Crippen LogP contribution in [0, 0.1) is 11.6 Å². The van der Waals surface area contributed by atoms with Crippen LogP contribution in [0.15, 0.2) is 45.8 Å². The van der Waals surface area contributed by atoms with E-state index >= 15 is 0 Å². The van der Waals surface area contributed by atoms with Crippen molar-refractivity contribution in [1.29, 1.82) is 0 Å². The van der Waals surface area contributed by atoms with Gasteiger partial charge in [0, 0.05) is 15.8 Å². The standard InChI is InChI=1S/C12H9BrF2N2O2S/c13-9-5-10(15)12(6-11(9)16)20(18,19)17-8-3-1-7(14)2-4-8/h1-6,17H,16H2. The van der Waals surface area contributed by atoms with Crippen molar-refractivity contribution in [3.8, 4) is 0 Å². The predicted molar refractivity (Wildman–Crippen MR) is 75.7 cm³/mol. The first-order chi connectivity index (χ1) is 9.29. The summed E-state index contributed by atoms with van der Waals surface area (Å²) in [7, 11) is -4.14. The average Bonchev–Trinajstić information content (AvgIpc) is 2.36. The minimum atomic E-state index is -4.14. The first kappa shape index (κ1) is 14.7. The summed E-state index contributed by atoms with van der Waals surface area (Å²) in [6.07, 6.45) is 0. The van der Waals surface area contributed by atoms with Gasteiger partial charge in [-0.15, -0.1) is 0 Å². The number of anilines is 2. The second kappa shape index (κ2) is 5.37. The van der Waals surface area contributed by atoms with E-state index in [0.29, 0.717) is 0 Å². The van der Waals surface area contributed by atoms with E-state index in [1.807, 2.05) is 0 Å². The number of sulfonamides is 1. The van der Waals surface area contributed by atoms with Gasteiger partial charge in [-0.1, -0.05) is 0 Å². The molecule has 0 heterocycles. The van der Waals surface area contributed by atoms with Crippen LogP contribution in [-0.4, -0.2) is 8.42 Å². The summed E-state index contributed by atoms with van der Waals surface area (Å²) in [5, 5.41) is 0. The van der Waals surface area contributed by atoms with Crippen LogP contribution in [-0.2, 0) is 10.0 Å². The third kappa shape index (κ3) is 3.07. The van der Waals surface area contributed by atoms with Crippen LogP contribution in [0.1, 0.15) is 0 Å². The van der Waals surface area contributed by atoms with Gasteiger partial charge in [-0.25, -0.2) is 17.2 Å². The van der Waals surface area contributed by atoms with Crippen molar-refractivity contribution in [2.75, 3.05) is 10.5 Å². The van der Waals surface area contributed by atoms with Gasteiger partial charge in [0.05, 0.1) is 0 Å². The van der Waals surface area contributed by atoms with Gasteiger partial charge in [-0.05, 0) is 52.3 Å². The largest absolute Gasteiger partial charge is 0.398 e. The maximum atomic E-state index is 13.7. The molecule has 0 spiro atoms. The number of hydrogen-bond donors (Lipinski definition) is 2. The van der Waals surface area contributed by atoms with Gasteiger partial charge in [0.2, 0.25) is 0 Å². The molecular weight excluding hydrogens is 354 g/mol. The summed E-state index contributed by atoms with van der Waals surface area (Å²) < 4.78 is 53.0. The number of rotatable bonds is 3. The van der Waals surface area contributed by atoms with Gasteiger partial charge < -0.3 is 5.73 Å². The number of nitrogen functional groups attached to an aromatic ring is 1. The summed E-state index contributed by atoms with van der Waals surface area (Å²) in [6, 6.07) is 6.61. The smallest absolute Gasteiger partial charge is 0.264 e. The second-order valence-electron chi connectivity index (χ2n) is 3.92. The number of nitrogens with two attached hydrogens (primary N) is 1. The first-order valence-electron chi connectivity index (χ1n) is 5.32. The quantitative estimate of drug-likeness (QED) is 0.824. The Hall–Kier alpha value is -1.67. The van der Waals surface area contributed by atoms with Crippen LogP contribution in [0.4, 0.5) is 20.2 Å². The first-order valence-corrected chi connectivity index (χ1v) is 7.60. The van der Waals surface area contributed by atoms with Crippen LogP contribution < -0.4 is 10.5 Å². The zero-order valence-corrected chi connectivity index (χ0v) is 12.3. The van der Waals surface area contributed by atoms with E-state index in [9.17, 15) is 17.2 Å². The monoisotopic (exact) mass is 362 g/mol. The lowest BCUT2D eigenvalue weighted by molar-refractivity contribution is 0.570. The molecule has 0 saturated carbocycles. The van der Waals surface area contributed by atoms with Crippen LogP contribution in [0.5, 0.6) is 0 Å². The molecule has 4 nitrogen and oxygen atoms in total. The van der Waals surface area contributed by atoms with Crippen LogP contribution in [0.25, 0.3) is 0 Å². The van der Waals surface area contributed by atoms with Crippen molar-refractivity contribution in [3.63, 3.8) is 0 Å². The van der Waals surface area contributed by atoms with Crippen molar-refractivity contribution < 1.29 is 17.2 Å². The fourth-order valence-corrected chi connectivity index (χ4v) is 2.95. The van der Waals surface area contributed by atoms with Gasteiger partial charge in [0.15, 0.2) is 0 Å². The highest BCUT2D eigenvalue weighted by Crippen LogP contribution is 2.27. The lowest BCUT2D eigenvalue weighted by Gasteiger charge is -2.10. The second-order valence-corrected chi connectivity index (χ2v) is 6.42. The fourth-order valence-electron chi connectivity index (χ4n) is 1.48. The molecule has 0 aliphatic rings. The van der Waals surface area contributed by atoms with Gasteiger partial charge in [-0.3, -0.25) is 4.72 Å². The molecule has 2 aromatic rings. The van der Waals surface area contributed by atoms with E-state index in [1.165, 1.54) is 12.1 Å². The van der Waals surface area contributed by atoms with Gasteiger partial charge in [-0.2, -0.15) is 0 Å². The Labute approximate surface area is 122 Å². The molecule has 0 bridgehead atoms. The Kier molecular flexibility index (Phi) is 3.96. The minimum Gasteiger partial charge on any atom is -0.398 e. The molecule has 2 aromatic carbocycles. The van der Waals surface area contributed by atoms with E-state index in [4.69, 9.17) is 5.73 Å². The molecule has 0 saturated heterocycles. The van der Waals surface area contributed by atoms with Gasteiger partial charge in [0.1, 0.15) is 16.5 Å². The molecule has 0 aliphatic heterocycles. The summed E-state index contributed by atoms with van der Waals surface area (Å²) in [5.74, 6) is -1.45. The number of hydrogen-bond acceptors (Lipinski definition) is 3. The Morgan fingerprint density at radius 2 is 1.70 bits per heavy atom. The molecule has 0 amide bonds. The fraction of sp³-hybridized carbons (Fsp3) is 0. The van der Waals surface area contributed by atoms with E-state index in [0.717, 1.165) is 24.3 Å². The van der Waals surface area contributed by atoms with Crippen LogP contribution >= 0.6 is 15.9 Å². The summed E-state index contributed by atoms with van der Waals surface area (Å²) >= 11 is 3.00. The van der Waals surface area contributed by atoms with Crippen molar-refractivity contribution in [2.24, 2.45) is 0 Å². The minimum absolute atomic E-state index is 0.0888. The highest BCUT2D eigenvalue weighted by atomic mass is 79.9. The van der Waals surface area contributed by atoms with Crippen molar-refractivity contribution in [2.45, 2.75) is 4.90 Å². The summed E-state index contributed by atoms with van der Waals surface area (Å²) in [6.45, 7) is 0. The molecule has 3 N–H and O–H groups in total. The third-order valence-electron chi connectivity index (χ3n) is 2.44. The number of nitrogens with one attached hydrogen (secondary N) is 1. The van der Waals surface area contributed by atoms with E-state index in [-0.39, 0.29) is 15.8 Å². The molecule has 0 aliphatic carbocycles. The molecule has 0 radical (unpaired) electrons. The highest BCUT2D eigenvalue weighted by molar-refractivity contribution is 9.10. The molecular formula is C12H9BrF2N2O2S. The predicted octanol–water partition coefficient (Wildman–Crippen LogP) is 3.11. The van der Waals surface area contributed by atoms with Gasteiger partial charge in [0.25, 0.3) is 10.0 Å². The molecule has 0 atom stereocenters. The van der Waals surface area contributed by atoms with Crippen LogP contribution in [0.3, 0.4) is 0 Å². The number of benzene rings is 2. The topological polar surface area (TPSA) is 72.2 Å². The molecule has 2 rings (SSSR count). The zero-order valence-electron chi connectivity index (χ0n) is 9.90. The maximum absolute atomic E-state index is 13.7. The molecule has 0 fully saturated rings.